The number of nitriles is 1. The molecule has 0 saturated carbocycles. The van der Waals surface area contributed by atoms with Crippen LogP contribution < -0.4 is 0 Å². The van der Waals surface area contributed by atoms with E-state index in [1.807, 2.05) is 6.07 Å². The van der Waals surface area contributed by atoms with E-state index in [9.17, 15) is 19.0 Å². The first kappa shape index (κ1) is 21.1. The lowest BCUT2D eigenvalue weighted by atomic mass is 9.75. The minimum atomic E-state index is -1.96. The van der Waals surface area contributed by atoms with Crippen molar-refractivity contribution in [1.82, 2.24) is 4.98 Å². The normalized spacial score (nSPS) is 14.1. The zero-order valence-corrected chi connectivity index (χ0v) is 16.3. The van der Waals surface area contributed by atoms with Crippen molar-refractivity contribution in [3.8, 4) is 6.07 Å². The van der Waals surface area contributed by atoms with Crippen LogP contribution in [0.25, 0.3) is 0 Å². The number of hydrogen-bond acceptors (Lipinski definition) is 5. The minimum absolute atomic E-state index is 0.00382. The fourth-order valence-electron chi connectivity index (χ4n) is 2.66. The highest BCUT2D eigenvalue weighted by molar-refractivity contribution is 7.90. The quantitative estimate of drug-likeness (QED) is 0.551. The van der Waals surface area contributed by atoms with Gasteiger partial charge in [-0.1, -0.05) is 23.7 Å². The van der Waals surface area contributed by atoms with Gasteiger partial charge in [-0.05, 0) is 19.9 Å². The van der Waals surface area contributed by atoms with E-state index in [4.69, 9.17) is 16.3 Å². The van der Waals surface area contributed by atoms with Gasteiger partial charge in [-0.15, -0.1) is 0 Å². The molecule has 2 unspecified atom stereocenters. The van der Waals surface area contributed by atoms with E-state index in [2.05, 4.69) is 4.98 Å². The standard InChI is InChI=1S/C18H15ClF2N2O3S/c1-4-26-17(24)10-8-23-16(27(3)25)15(21)13(10)18(2,9-22)11-6-5-7-12(19)14(11)20/h5-8H,4H2,1-3H3. The van der Waals surface area contributed by atoms with Gasteiger partial charge in [0.2, 0.25) is 5.82 Å². The molecule has 5 nitrogen and oxygen atoms in total. The van der Waals surface area contributed by atoms with E-state index in [-0.39, 0.29) is 22.8 Å². The van der Waals surface area contributed by atoms with Crippen LogP contribution in [0.4, 0.5) is 8.78 Å². The summed E-state index contributed by atoms with van der Waals surface area (Å²) in [6, 6.07) is 5.79. The lowest BCUT2D eigenvalue weighted by Crippen LogP contribution is -2.29. The van der Waals surface area contributed by atoms with Crippen LogP contribution >= 0.6 is 11.6 Å². The number of pyridine rings is 1. The van der Waals surface area contributed by atoms with Crippen LogP contribution in [-0.2, 0) is 21.3 Å². The Morgan fingerprint density at radius 1 is 1.44 bits per heavy atom. The second-order valence-electron chi connectivity index (χ2n) is 5.68. The molecule has 0 amide bonds. The summed E-state index contributed by atoms with van der Waals surface area (Å²) in [4.78, 5) is 16.0. The molecule has 2 atom stereocenters. The van der Waals surface area contributed by atoms with Gasteiger partial charge in [0.05, 0.1) is 23.3 Å². The molecule has 0 aliphatic rings. The third-order valence-corrected chi connectivity index (χ3v) is 5.09. The second-order valence-corrected chi connectivity index (χ2v) is 7.38. The summed E-state index contributed by atoms with van der Waals surface area (Å²) in [7, 11) is 0. The summed E-state index contributed by atoms with van der Waals surface area (Å²) in [5, 5.41) is 9.10. The van der Waals surface area contributed by atoms with E-state index in [0.29, 0.717) is 0 Å². The Hall–Kier alpha value is -2.21. The zero-order valence-electron chi connectivity index (χ0n) is 14.7. The van der Waals surface area contributed by atoms with Crippen molar-refractivity contribution in [1.29, 1.82) is 5.26 Å². The van der Waals surface area contributed by atoms with Gasteiger partial charge in [-0.3, -0.25) is 0 Å². The summed E-state index contributed by atoms with van der Waals surface area (Å²) in [5.41, 5.74) is -3.02. The van der Waals surface area contributed by atoms with E-state index < -0.39 is 44.8 Å². The maximum absolute atomic E-state index is 15.2. The molecule has 1 aromatic heterocycles. The van der Waals surface area contributed by atoms with E-state index in [1.165, 1.54) is 31.4 Å². The van der Waals surface area contributed by atoms with Crippen molar-refractivity contribution in [2.45, 2.75) is 24.3 Å². The molecular formula is C18H15ClF2N2O3S. The maximum Gasteiger partial charge on any atom is 0.340 e. The number of hydrogen-bond donors (Lipinski definition) is 0. The largest absolute Gasteiger partial charge is 0.610 e. The molecular weight excluding hydrogens is 398 g/mol. The number of esters is 1. The molecule has 0 aliphatic heterocycles. The van der Waals surface area contributed by atoms with Crippen LogP contribution in [0.3, 0.4) is 0 Å². The molecule has 0 N–H and O–H groups in total. The van der Waals surface area contributed by atoms with Gasteiger partial charge in [0.25, 0.3) is 5.03 Å². The average molecular weight is 413 g/mol. The third-order valence-electron chi connectivity index (χ3n) is 3.97. The predicted octanol–water partition coefficient (Wildman–Crippen LogP) is 3.76. The molecule has 0 fully saturated rings. The topological polar surface area (TPSA) is 86.0 Å². The molecule has 0 saturated heterocycles. The highest BCUT2D eigenvalue weighted by atomic mass is 35.5. The highest BCUT2D eigenvalue weighted by Gasteiger charge is 2.41. The van der Waals surface area contributed by atoms with Crippen molar-refractivity contribution in [2.24, 2.45) is 0 Å². The van der Waals surface area contributed by atoms with Gasteiger partial charge >= 0.3 is 5.97 Å². The van der Waals surface area contributed by atoms with Gasteiger partial charge in [-0.25, -0.2) is 14.2 Å². The number of aromatic nitrogens is 1. The molecule has 0 aliphatic carbocycles. The minimum Gasteiger partial charge on any atom is -0.610 e. The van der Waals surface area contributed by atoms with Crippen LogP contribution in [0, 0.1) is 23.0 Å². The van der Waals surface area contributed by atoms with Gasteiger partial charge in [0.15, 0.2) is 0 Å². The molecule has 0 spiro atoms. The van der Waals surface area contributed by atoms with Crippen molar-refractivity contribution in [3.63, 3.8) is 0 Å². The molecule has 1 heterocycles. The number of rotatable bonds is 5. The Kier molecular flexibility index (Phi) is 6.42. The molecule has 27 heavy (non-hydrogen) atoms. The lowest BCUT2D eigenvalue weighted by molar-refractivity contribution is 0.0522. The van der Waals surface area contributed by atoms with Crippen molar-refractivity contribution in [3.05, 3.63) is 57.7 Å². The fourth-order valence-corrected chi connectivity index (χ4v) is 3.39. The fraction of sp³-hybridized carbons (Fsp3) is 0.278. The van der Waals surface area contributed by atoms with Gasteiger partial charge in [0.1, 0.15) is 17.5 Å². The van der Waals surface area contributed by atoms with Crippen molar-refractivity contribution < 1.29 is 22.9 Å². The smallest absolute Gasteiger partial charge is 0.340 e. The second kappa shape index (κ2) is 8.21. The first-order valence-corrected chi connectivity index (χ1v) is 9.67. The van der Waals surface area contributed by atoms with Crippen LogP contribution in [-0.4, -0.2) is 28.4 Å². The summed E-state index contributed by atoms with van der Waals surface area (Å²) in [5.74, 6) is -2.99. The summed E-state index contributed by atoms with van der Waals surface area (Å²) in [6.45, 7) is 2.79. The summed E-state index contributed by atoms with van der Waals surface area (Å²) < 4.78 is 46.6. The van der Waals surface area contributed by atoms with E-state index in [0.717, 1.165) is 6.20 Å². The van der Waals surface area contributed by atoms with Crippen LogP contribution in [0.15, 0.2) is 29.4 Å². The van der Waals surface area contributed by atoms with Gasteiger partial charge in [0, 0.05) is 28.5 Å². The summed E-state index contributed by atoms with van der Waals surface area (Å²) in [6.07, 6.45) is 2.17. The number of nitrogens with zero attached hydrogens (tertiary/aromatic N) is 2. The zero-order chi connectivity index (χ0) is 20.4. The molecule has 2 rings (SSSR count). The lowest BCUT2D eigenvalue weighted by Gasteiger charge is -2.26. The molecule has 2 aromatic rings. The Labute approximate surface area is 163 Å². The third kappa shape index (κ3) is 3.76. The highest BCUT2D eigenvalue weighted by Crippen LogP contribution is 2.39. The Morgan fingerprint density at radius 2 is 2.11 bits per heavy atom. The van der Waals surface area contributed by atoms with Crippen molar-refractivity contribution in [2.75, 3.05) is 12.9 Å². The van der Waals surface area contributed by atoms with Crippen LogP contribution in [0.2, 0.25) is 5.02 Å². The molecule has 0 bridgehead atoms. The molecule has 9 heteroatoms. The number of halogens is 3. The van der Waals surface area contributed by atoms with Gasteiger partial charge < -0.3 is 9.29 Å². The van der Waals surface area contributed by atoms with Crippen molar-refractivity contribution >= 4 is 28.7 Å². The number of ether oxygens (including phenoxy) is 1. The van der Waals surface area contributed by atoms with Gasteiger partial charge in [-0.2, -0.15) is 9.65 Å². The summed E-state index contributed by atoms with van der Waals surface area (Å²) >= 11 is 3.96. The Bertz CT molecular complexity index is 934. The number of benzene rings is 1. The van der Waals surface area contributed by atoms with E-state index in [1.54, 1.807) is 6.92 Å². The predicted molar refractivity (Wildman–Crippen MR) is 96.0 cm³/mol. The molecule has 0 radical (unpaired) electrons. The Morgan fingerprint density at radius 3 is 2.67 bits per heavy atom. The SMILES string of the molecule is CCOC(=O)c1cnc([S+](C)[O-])c(F)c1C(C)(C#N)c1cccc(Cl)c1F. The van der Waals surface area contributed by atoms with E-state index >= 15 is 4.39 Å². The van der Waals surface area contributed by atoms with Crippen LogP contribution in [0.1, 0.15) is 35.3 Å². The monoisotopic (exact) mass is 412 g/mol. The maximum atomic E-state index is 15.2. The molecule has 1 aromatic carbocycles. The average Bonchev–Trinajstić information content (AvgIpc) is 2.62. The molecule has 142 valence electrons. The first-order valence-electron chi connectivity index (χ1n) is 7.74. The first-order chi connectivity index (χ1) is 12.7. The Balaban J connectivity index is 2.90. The van der Waals surface area contributed by atoms with Crippen LogP contribution in [0.5, 0.6) is 0 Å². The number of carbonyl (C=O) groups is 1. The number of carbonyl (C=O) groups excluding carboxylic acids is 1.